The second-order valence-electron chi connectivity index (χ2n) is 7.85. The molecule has 1 N–H and O–H groups in total. The Kier molecular flexibility index (Phi) is 9.63. The maximum Gasteiger partial charge on any atom is 0.271 e. The van der Waals surface area contributed by atoms with Crippen molar-refractivity contribution in [3.8, 4) is 11.5 Å². The van der Waals surface area contributed by atoms with Crippen LogP contribution in [0.1, 0.15) is 27.0 Å². The SMILES string of the molecule is O=C(N/N=C\c1cc(Br)ccc1OCc1cccc(Br)c1)c1ccc(OCc2ccc(Cl)cc2Cl)cc1. The molecule has 0 atom stereocenters. The Morgan fingerprint density at radius 2 is 1.65 bits per heavy atom. The predicted octanol–water partition coefficient (Wildman–Crippen LogP) is 8.44. The van der Waals surface area contributed by atoms with Crippen LogP contribution in [0.3, 0.4) is 0 Å². The standard InChI is InChI=1S/C28H20Br2Cl2N2O3/c29-22-3-1-2-18(12-22)16-37-27-11-7-23(30)13-21(27)15-33-34-28(35)19-5-9-25(10-6-19)36-17-20-4-8-24(31)14-26(20)32/h1-15H,16-17H2,(H,34,35)/b33-15-. The summed E-state index contributed by atoms with van der Waals surface area (Å²) < 4.78 is 13.6. The Hall–Kier alpha value is -2.84. The fourth-order valence-electron chi connectivity index (χ4n) is 3.27. The number of benzene rings is 4. The van der Waals surface area contributed by atoms with Gasteiger partial charge in [0.05, 0.1) is 6.21 Å². The van der Waals surface area contributed by atoms with Crippen LogP contribution in [0.2, 0.25) is 10.0 Å². The highest BCUT2D eigenvalue weighted by molar-refractivity contribution is 9.10. The summed E-state index contributed by atoms with van der Waals surface area (Å²) in [6.07, 6.45) is 1.55. The molecule has 0 saturated heterocycles. The van der Waals surface area contributed by atoms with E-state index in [1.165, 1.54) is 0 Å². The summed E-state index contributed by atoms with van der Waals surface area (Å²) in [5.41, 5.74) is 5.54. The smallest absolute Gasteiger partial charge is 0.271 e. The molecular formula is C28H20Br2Cl2N2O3. The maximum absolute atomic E-state index is 12.6. The first-order chi connectivity index (χ1) is 17.9. The molecule has 0 bridgehead atoms. The summed E-state index contributed by atoms with van der Waals surface area (Å²) in [5, 5.41) is 5.22. The van der Waals surface area contributed by atoms with Crippen molar-refractivity contribution in [2.45, 2.75) is 13.2 Å². The summed E-state index contributed by atoms with van der Waals surface area (Å²) in [7, 11) is 0. The van der Waals surface area contributed by atoms with Crippen molar-refractivity contribution in [1.82, 2.24) is 5.43 Å². The summed E-state index contributed by atoms with van der Waals surface area (Å²) in [5.74, 6) is 0.894. The average Bonchev–Trinajstić information content (AvgIpc) is 2.88. The van der Waals surface area contributed by atoms with Crippen LogP contribution in [-0.2, 0) is 13.2 Å². The molecule has 0 heterocycles. The number of halogens is 4. The van der Waals surface area contributed by atoms with E-state index in [9.17, 15) is 4.79 Å². The van der Waals surface area contributed by atoms with Crippen molar-refractivity contribution in [3.63, 3.8) is 0 Å². The van der Waals surface area contributed by atoms with Gasteiger partial charge >= 0.3 is 0 Å². The van der Waals surface area contributed by atoms with Crippen LogP contribution in [-0.4, -0.2) is 12.1 Å². The van der Waals surface area contributed by atoms with Crippen LogP contribution in [0.4, 0.5) is 0 Å². The molecule has 0 spiro atoms. The average molecular weight is 663 g/mol. The van der Waals surface area contributed by atoms with Gasteiger partial charge in [0, 0.05) is 35.7 Å². The predicted molar refractivity (Wildman–Crippen MR) is 155 cm³/mol. The third-order valence-electron chi connectivity index (χ3n) is 5.15. The van der Waals surface area contributed by atoms with Crippen molar-refractivity contribution in [2.24, 2.45) is 5.10 Å². The summed E-state index contributed by atoms with van der Waals surface area (Å²) in [4.78, 5) is 12.6. The van der Waals surface area contributed by atoms with Gasteiger partial charge in [-0.25, -0.2) is 5.43 Å². The molecule has 0 saturated carbocycles. The summed E-state index contributed by atoms with van der Waals surface area (Å²) in [6.45, 7) is 0.678. The number of nitrogens with zero attached hydrogens (tertiary/aromatic N) is 1. The summed E-state index contributed by atoms with van der Waals surface area (Å²) >= 11 is 19.0. The normalized spacial score (nSPS) is 10.9. The largest absolute Gasteiger partial charge is 0.489 e. The van der Waals surface area contributed by atoms with E-state index in [2.05, 4.69) is 42.4 Å². The minimum atomic E-state index is -0.352. The van der Waals surface area contributed by atoms with Crippen molar-refractivity contribution >= 4 is 67.2 Å². The van der Waals surface area contributed by atoms with E-state index >= 15 is 0 Å². The molecular weight excluding hydrogens is 643 g/mol. The van der Waals surface area contributed by atoms with E-state index in [0.29, 0.717) is 39.3 Å². The van der Waals surface area contributed by atoms with Gasteiger partial charge in [-0.2, -0.15) is 5.10 Å². The topological polar surface area (TPSA) is 59.9 Å². The van der Waals surface area contributed by atoms with Gasteiger partial charge in [-0.1, -0.05) is 73.3 Å². The first-order valence-electron chi connectivity index (χ1n) is 11.0. The molecule has 0 aliphatic rings. The highest BCUT2D eigenvalue weighted by atomic mass is 79.9. The third kappa shape index (κ3) is 8.07. The maximum atomic E-state index is 12.6. The van der Waals surface area contributed by atoms with Crippen molar-refractivity contribution in [1.29, 1.82) is 0 Å². The first-order valence-corrected chi connectivity index (χ1v) is 13.4. The van der Waals surface area contributed by atoms with Gasteiger partial charge < -0.3 is 9.47 Å². The minimum absolute atomic E-state index is 0.282. The molecule has 0 aromatic heterocycles. The molecule has 4 aromatic rings. The lowest BCUT2D eigenvalue weighted by Crippen LogP contribution is -2.17. The number of ether oxygens (including phenoxy) is 2. The van der Waals surface area contributed by atoms with E-state index < -0.39 is 0 Å². The van der Waals surface area contributed by atoms with Crippen molar-refractivity contribution < 1.29 is 14.3 Å². The monoisotopic (exact) mass is 660 g/mol. The fourth-order valence-corrected chi connectivity index (χ4v) is 4.56. The Morgan fingerprint density at radius 3 is 2.41 bits per heavy atom. The second kappa shape index (κ2) is 13.1. The molecule has 9 heteroatoms. The zero-order chi connectivity index (χ0) is 26.2. The molecule has 0 aliphatic carbocycles. The van der Waals surface area contributed by atoms with Crippen LogP contribution >= 0.6 is 55.1 Å². The molecule has 1 amide bonds. The molecule has 37 heavy (non-hydrogen) atoms. The highest BCUT2D eigenvalue weighted by Gasteiger charge is 2.08. The first kappa shape index (κ1) is 27.2. The Bertz CT molecular complexity index is 1430. The number of nitrogens with one attached hydrogen (secondary N) is 1. The third-order valence-corrected chi connectivity index (χ3v) is 6.72. The number of carbonyl (C=O) groups excluding carboxylic acids is 1. The van der Waals surface area contributed by atoms with Gasteiger partial charge in [0.1, 0.15) is 24.7 Å². The highest BCUT2D eigenvalue weighted by Crippen LogP contribution is 2.24. The van der Waals surface area contributed by atoms with Crippen LogP contribution < -0.4 is 14.9 Å². The van der Waals surface area contributed by atoms with E-state index in [4.69, 9.17) is 32.7 Å². The van der Waals surface area contributed by atoms with Crippen molar-refractivity contribution in [2.75, 3.05) is 0 Å². The number of carbonyl (C=O) groups is 1. The van der Waals surface area contributed by atoms with E-state index in [1.54, 1.807) is 42.6 Å². The van der Waals surface area contributed by atoms with E-state index in [0.717, 1.165) is 20.1 Å². The molecule has 4 aromatic carbocycles. The van der Waals surface area contributed by atoms with Crippen LogP contribution in [0.5, 0.6) is 11.5 Å². The number of amides is 1. The molecule has 0 fully saturated rings. The van der Waals surface area contributed by atoms with Gasteiger partial charge in [0.25, 0.3) is 5.91 Å². The van der Waals surface area contributed by atoms with E-state index in [1.807, 2.05) is 48.5 Å². The van der Waals surface area contributed by atoms with Gasteiger partial charge in [0.2, 0.25) is 0 Å². The summed E-state index contributed by atoms with van der Waals surface area (Å²) in [6, 6.07) is 25.5. The second-order valence-corrected chi connectivity index (χ2v) is 10.5. The van der Waals surface area contributed by atoms with Crippen molar-refractivity contribution in [3.05, 3.63) is 126 Å². The minimum Gasteiger partial charge on any atom is -0.489 e. The molecule has 188 valence electrons. The quantitative estimate of drug-likeness (QED) is 0.145. The Labute approximate surface area is 241 Å². The fraction of sp³-hybridized carbons (Fsp3) is 0.0714. The Morgan fingerprint density at radius 1 is 0.865 bits per heavy atom. The number of hydrogen-bond acceptors (Lipinski definition) is 4. The van der Waals surface area contributed by atoms with Gasteiger partial charge in [-0.15, -0.1) is 0 Å². The van der Waals surface area contributed by atoms with E-state index in [-0.39, 0.29) is 12.5 Å². The lowest BCUT2D eigenvalue weighted by atomic mass is 10.2. The molecule has 0 aliphatic heterocycles. The number of hydrogen-bond donors (Lipinski definition) is 1. The molecule has 0 radical (unpaired) electrons. The molecule has 4 rings (SSSR count). The zero-order valence-electron chi connectivity index (χ0n) is 19.3. The number of hydrazone groups is 1. The van der Waals surface area contributed by atoms with Gasteiger partial charge in [-0.05, 0) is 72.3 Å². The lowest BCUT2D eigenvalue weighted by Gasteiger charge is -2.10. The van der Waals surface area contributed by atoms with Crippen LogP contribution in [0.25, 0.3) is 0 Å². The zero-order valence-corrected chi connectivity index (χ0v) is 23.9. The lowest BCUT2D eigenvalue weighted by molar-refractivity contribution is 0.0955. The molecule has 0 unspecified atom stereocenters. The molecule has 5 nitrogen and oxygen atoms in total. The van der Waals surface area contributed by atoms with Gasteiger partial charge in [-0.3, -0.25) is 4.79 Å². The van der Waals surface area contributed by atoms with Gasteiger partial charge in [0.15, 0.2) is 0 Å². The number of rotatable bonds is 9. The Balaban J connectivity index is 1.34. The van der Waals surface area contributed by atoms with Crippen LogP contribution in [0.15, 0.2) is 99.0 Å². The van der Waals surface area contributed by atoms with Crippen LogP contribution in [0, 0.1) is 0 Å².